The highest BCUT2D eigenvalue weighted by Crippen LogP contribution is 2.43. The van der Waals surface area contributed by atoms with Crippen LogP contribution in [0.25, 0.3) is 0 Å². The number of carbonyl (C=O) groups is 1. The molecule has 0 bridgehead atoms. The maximum atomic E-state index is 12.9. The van der Waals surface area contributed by atoms with Crippen LogP contribution in [0.2, 0.25) is 0 Å². The van der Waals surface area contributed by atoms with Crippen LogP contribution in [0.15, 0.2) is 0 Å². The molecule has 0 rings (SSSR count). The van der Waals surface area contributed by atoms with Gasteiger partial charge < -0.3 is 19.8 Å². The zero-order valence-corrected chi connectivity index (χ0v) is 39.8. The van der Waals surface area contributed by atoms with E-state index in [9.17, 15) is 19.4 Å². The average molecular weight is 832 g/mol. The largest absolute Gasteiger partial charge is 0.472 e. The number of quaternary nitrogens is 1. The Hall–Kier alpha value is -0.500. The summed E-state index contributed by atoms with van der Waals surface area (Å²) in [6.07, 6.45) is 45.7. The number of nitrogens with one attached hydrogen (secondary N) is 1. The van der Waals surface area contributed by atoms with E-state index in [0.29, 0.717) is 23.9 Å². The van der Waals surface area contributed by atoms with Gasteiger partial charge in [-0.05, 0) is 12.8 Å². The second-order valence-corrected chi connectivity index (χ2v) is 20.0. The van der Waals surface area contributed by atoms with E-state index in [1.807, 2.05) is 21.1 Å². The lowest BCUT2D eigenvalue weighted by atomic mass is 10.0. The highest BCUT2D eigenvalue weighted by molar-refractivity contribution is 7.47. The van der Waals surface area contributed by atoms with Crippen molar-refractivity contribution in [2.75, 3.05) is 40.9 Å². The number of phosphoric ester groups is 1. The maximum Gasteiger partial charge on any atom is 0.472 e. The molecule has 0 aromatic rings. The second-order valence-electron chi connectivity index (χ2n) is 18.6. The molecule has 1 unspecified atom stereocenters. The number of aliphatic hydroxyl groups excluding tert-OH is 1. The molecule has 3 atom stereocenters. The third-order valence-electron chi connectivity index (χ3n) is 11.6. The van der Waals surface area contributed by atoms with Crippen molar-refractivity contribution in [2.24, 2.45) is 0 Å². The monoisotopic (exact) mass is 832 g/mol. The Kier molecular flexibility index (Phi) is 40.5. The topological polar surface area (TPSA) is 105 Å². The van der Waals surface area contributed by atoms with Crippen LogP contribution in [0.3, 0.4) is 0 Å². The molecule has 0 aliphatic rings. The third-order valence-corrected chi connectivity index (χ3v) is 12.6. The molecule has 1 amide bonds. The lowest BCUT2D eigenvalue weighted by molar-refractivity contribution is -0.870. The van der Waals surface area contributed by atoms with Crippen LogP contribution in [0.1, 0.15) is 251 Å². The van der Waals surface area contributed by atoms with Gasteiger partial charge in [-0.2, -0.15) is 0 Å². The summed E-state index contributed by atoms with van der Waals surface area (Å²) in [4.78, 5) is 23.2. The molecular formula is C48H100N2O6P+. The van der Waals surface area contributed by atoms with Crippen LogP contribution >= 0.6 is 7.82 Å². The number of carbonyl (C=O) groups excluding carboxylic acids is 1. The van der Waals surface area contributed by atoms with E-state index in [2.05, 4.69) is 19.2 Å². The average Bonchev–Trinajstić information content (AvgIpc) is 3.16. The van der Waals surface area contributed by atoms with E-state index in [-0.39, 0.29) is 19.1 Å². The number of rotatable bonds is 46. The Bertz CT molecular complexity index is 901. The Morgan fingerprint density at radius 1 is 0.526 bits per heavy atom. The molecular weight excluding hydrogens is 732 g/mol. The van der Waals surface area contributed by atoms with Gasteiger partial charge in [0, 0.05) is 6.42 Å². The standard InChI is InChI=1S/C48H99N2O6P/c1-6-8-10-12-14-16-18-19-20-21-22-23-24-25-26-27-28-29-30-32-34-36-38-40-42-48(52)49-46(45-56-57(53,54)55-44-43-50(3,4)5)47(51)41-39-37-35-33-31-17-15-13-11-9-7-2/h46-47,51H,6-45H2,1-5H3,(H-,49,52,53,54)/p+1/t46-,47+/m0/s1. The predicted octanol–water partition coefficient (Wildman–Crippen LogP) is 14.1. The van der Waals surface area contributed by atoms with Crippen LogP contribution in [-0.2, 0) is 18.4 Å². The Morgan fingerprint density at radius 3 is 1.18 bits per heavy atom. The van der Waals surface area contributed by atoms with Gasteiger partial charge in [0.15, 0.2) is 0 Å². The molecule has 3 N–H and O–H groups in total. The first kappa shape index (κ1) is 56.5. The normalized spacial score (nSPS) is 14.2. The fraction of sp³-hybridized carbons (Fsp3) is 0.979. The second kappa shape index (κ2) is 40.9. The van der Waals surface area contributed by atoms with Gasteiger partial charge in [0.1, 0.15) is 13.2 Å². The molecule has 9 heteroatoms. The number of hydrogen-bond donors (Lipinski definition) is 3. The van der Waals surface area contributed by atoms with Crippen molar-refractivity contribution in [1.29, 1.82) is 0 Å². The summed E-state index contributed by atoms with van der Waals surface area (Å²) in [5.41, 5.74) is 0. The smallest absolute Gasteiger partial charge is 0.391 e. The molecule has 0 spiro atoms. The fourth-order valence-corrected chi connectivity index (χ4v) is 8.37. The van der Waals surface area contributed by atoms with Crippen LogP contribution in [-0.4, -0.2) is 73.4 Å². The first-order chi connectivity index (χ1) is 27.5. The van der Waals surface area contributed by atoms with Crippen LogP contribution in [0.4, 0.5) is 0 Å². The number of unbranched alkanes of at least 4 members (excludes halogenated alkanes) is 33. The fourth-order valence-electron chi connectivity index (χ4n) is 7.64. The van der Waals surface area contributed by atoms with Gasteiger partial charge in [-0.3, -0.25) is 13.8 Å². The summed E-state index contributed by atoms with van der Waals surface area (Å²) in [5.74, 6) is -0.140. The molecule has 57 heavy (non-hydrogen) atoms. The molecule has 0 aromatic carbocycles. The zero-order chi connectivity index (χ0) is 42.1. The van der Waals surface area contributed by atoms with Gasteiger partial charge in [-0.15, -0.1) is 0 Å². The van der Waals surface area contributed by atoms with E-state index < -0.39 is 20.0 Å². The molecule has 0 fully saturated rings. The van der Waals surface area contributed by atoms with Crippen molar-refractivity contribution in [1.82, 2.24) is 5.32 Å². The molecule has 0 radical (unpaired) electrons. The summed E-state index contributed by atoms with van der Waals surface area (Å²) < 4.78 is 23.6. The van der Waals surface area contributed by atoms with Crippen molar-refractivity contribution >= 4 is 13.7 Å². The maximum absolute atomic E-state index is 12.9. The predicted molar refractivity (Wildman–Crippen MR) is 245 cm³/mol. The number of hydrogen-bond acceptors (Lipinski definition) is 5. The molecule has 0 aliphatic carbocycles. The quantitative estimate of drug-likeness (QED) is 0.0321. The number of nitrogens with zero attached hydrogens (tertiary/aromatic N) is 1. The Balaban J connectivity index is 4.10. The Morgan fingerprint density at radius 2 is 0.842 bits per heavy atom. The van der Waals surface area contributed by atoms with Gasteiger partial charge in [-0.1, -0.05) is 232 Å². The number of aliphatic hydroxyl groups is 1. The summed E-state index contributed by atoms with van der Waals surface area (Å²) in [6.45, 7) is 4.91. The third kappa shape index (κ3) is 43.4. The number of amides is 1. The molecule has 0 saturated carbocycles. The molecule has 0 aliphatic heterocycles. The molecule has 0 aromatic heterocycles. The van der Waals surface area contributed by atoms with Crippen LogP contribution in [0.5, 0.6) is 0 Å². The van der Waals surface area contributed by atoms with Gasteiger partial charge >= 0.3 is 7.82 Å². The van der Waals surface area contributed by atoms with Crippen molar-refractivity contribution in [3.05, 3.63) is 0 Å². The lowest BCUT2D eigenvalue weighted by Gasteiger charge is -2.26. The van der Waals surface area contributed by atoms with Crippen molar-refractivity contribution in [2.45, 2.75) is 264 Å². The molecule has 8 nitrogen and oxygen atoms in total. The SMILES string of the molecule is CCCCCCCCCCCCCCCCCCCCCCCCCCC(=O)N[C@@H](COP(=O)(O)OCC[N+](C)(C)C)[C@H](O)CCCCCCCCCCCCC. The highest BCUT2D eigenvalue weighted by Gasteiger charge is 2.28. The van der Waals surface area contributed by atoms with Crippen LogP contribution in [0, 0.1) is 0 Å². The molecule has 0 heterocycles. The zero-order valence-electron chi connectivity index (χ0n) is 38.9. The highest BCUT2D eigenvalue weighted by atomic mass is 31.2. The van der Waals surface area contributed by atoms with E-state index in [1.165, 1.54) is 186 Å². The van der Waals surface area contributed by atoms with Gasteiger partial charge in [-0.25, -0.2) is 4.57 Å². The number of likely N-dealkylation sites (N-methyl/N-ethyl adjacent to an activating group) is 1. The lowest BCUT2D eigenvalue weighted by Crippen LogP contribution is -2.46. The van der Waals surface area contributed by atoms with Gasteiger partial charge in [0.05, 0.1) is 39.9 Å². The summed E-state index contributed by atoms with van der Waals surface area (Å²) in [7, 11) is 1.63. The van der Waals surface area contributed by atoms with E-state index in [1.54, 1.807) is 0 Å². The van der Waals surface area contributed by atoms with E-state index in [0.717, 1.165) is 38.5 Å². The van der Waals surface area contributed by atoms with Gasteiger partial charge in [0.25, 0.3) is 0 Å². The first-order valence-corrected chi connectivity index (χ1v) is 26.4. The van der Waals surface area contributed by atoms with Crippen molar-refractivity contribution < 1.29 is 32.9 Å². The van der Waals surface area contributed by atoms with E-state index >= 15 is 0 Å². The summed E-state index contributed by atoms with van der Waals surface area (Å²) in [6, 6.07) is -0.752. The first-order valence-electron chi connectivity index (χ1n) is 24.9. The minimum Gasteiger partial charge on any atom is -0.391 e. The molecule has 342 valence electrons. The summed E-state index contributed by atoms with van der Waals surface area (Å²) in [5, 5.41) is 14.0. The Labute approximate surface area is 355 Å². The van der Waals surface area contributed by atoms with Crippen molar-refractivity contribution in [3.63, 3.8) is 0 Å². The van der Waals surface area contributed by atoms with Crippen molar-refractivity contribution in [3.8, 4) is 0 Å². The van der Waals surface area contributed by atoms with Gasteiger partial charge in [0.2, 0.25) is 5.91 Å². The van der Waals surface area contributed by atoms with E-state index in [4.69, 9.17) is 9.05 Å². The molecule has 0 saturated heterocycles. The minimum atomic E-state index is -4.31. The summed E-state index contributed by atoms with van der Waals surface area (Å²) >= 11 is 0. The number of phosphoric acid groups is 1. The minimum absolute atomic E-state index is 0.0785. The van der Waals surface area contributed by atoms with Crippen LogP contribution < -0.4 is 5.32 Å².